The van der Waals surface area contributed by atoms with Crippen LogP contribution in [0.25, 0.3) is 10.9 Å². The summed E-state index contributed by atoms with van der Waals surface area (Å²) in [5.41, 5.74) is 3.53. The molecule has 2 aromatic heterocycles. The van der Waals surface area contributed by atoms with Gasteiger partial charge in [-0.2, -0.15) is 0 Å². The predicted octanol–water partition coefficient (Wildman–Crippen LogP) is 3.03. The van der Waals surface area contributed by atoms with Crippen molar-refractivity contribution in [2.45, 2.75) is 13.1 Å². The van der Waals surface area contributed by atoms with Gasteiger partial charge >= 0.3 is 0 Å². The summed E-state index contributed by atoms with van der Waals surface area (Å²) in [6, 6.07) is 14.8. The van der Waals surface area contributed by atoms with Crippen LogP contribution in [-0.2, 0) is 17.8 Å². The highest BCUT2D eigenvalue weighted by Gasteiger charge is 2.16. The van der Waals surface area contributed by atoms with Crippen molar-refractivity contribution in [2.24, 2.45) is 0 Å². The number of fused-ring (bicyclic) bond motifs is 1. The first-order valence-corrected chi connectivity index (χ1v) is 10.7. The number of hydrogen-bond donors (Lipinski definition) is 0. The molecule has 30 heavy (non-hydrogen) atoms. The average Bonchev–Trinajstić information content (AvgIpc) is 2.78. The molecule has 0 atom stereocenters. The van der Waals surface area contributed by atoms with Crippen molar-refractivity contribution in [3.63, 3.8) is 0 Å². The zero-order valence-corrected chi connectivity index (χ0v) is 18.0. The highest BCUT2D eigenvalue weighted by Crippen LogP contribution is 2.24. The Balaban J connectivity index is 1.57. The number of ether oxygens (including phenoxy) is 1. The van der Waals surface area contributed by atoms with Crippen molar-refractivity contribution in [2.75, 3.05) is 58.4 Å². The van der Waals surface area contributed by atoms with E-state index in [4.69, 9.17) is 9.72 Å². The first-order valence-electron chi connectivity index (χ1n) is 10.7. The van der Waals surface area contributed by atoms with Gasteiger partial charge in [0.05, 0.1) is 18.7 Å². The molecular formula is C24H31N5O. The summed E-state index contributed by atoms with van der Waals surface area (Å²) in [4.78, 5) is 16.4. The summed E-state index contributed by atoms with van der Waals surface area (Å²) in [6.45, 7) is 7.46. The quantitative estimate of drug-likeness (QED) is 0.574. The number of hydrogen-bond acceptors (Lipinski definition) is 6. The van der Waals surface area contributed by atoms with Crippen molar-refractivity contribution in [3.8, 4) is 0 Å². The van der Waals surface area contributed by atoms with Crippen LogP contribution >= 0.6 is 0 Å². The first kappa shape index (κ1) is 20.7. The summed E-state index contributed by atoms with van der Waals surface area (Å²) >= 11 is 0. The van der Waals surface area contributed by atoms with Crippen molar-refractivity contribution < 1.29 is 4.74 Å². The molecule has 0 N–H and O–H groups in total. The Bertz CT molecular complexity index is 941. The van der Waals surface area contributed by atoms with E-state index >= 15 is 0 Å². The summed E-state index contributed by atoms with van der Waals surface area (Å²) in [5.74, 6) is 1.04. The Kier molecular flexibility index (Phi) is 6.89. The number of morpholine rings is 1. The molecule has 158 valence electrons. The summed E-state index contributed by atoms with van der Waals surface area (Å²) in [7, 11) is 4.14. The van der Waals surface area contributed by atoms with Gasteiger partial charge in [0.25, 0.3) is 0 Å². The molecule has 3 aromatic rings. The van der Waals surface area contributed by atoms with E-state index in [1.807, 2.05) is 24.5 Å². The number of pyridine rings is 2. The Morgan fingerprint density at radius 2 is 1.87 bits per heavy atom. The molecule has 0 bridgehead atoms. The molecule has 1 fully saturated rings. The molecule has 1 aliphatic rings. The molecule has 4 rings (SSSR count). The molecule has 3 heterocycles. The molecule has 0 spiro atoms. The van der Waals surface area contributed by atoms with Crippen molar-refractivity contribution >= 4 is 16.7 Å². The SMILES string of the molecule is CN(C)c1nc2ccccc2cc1CN(CCN1CCOCC1)Cc1cccnc1. The van der Waals surface area contributed by atoms with Crippen LogP contribution in [-0.4, -0.2) is 73.3 Å². The second-order valence-corrected chi connectivity index (χ2v) is 8.08. The third kappa shape index (κ3) is 5.33. The van der Waals surface area contributed by atoms with E-state index < -0.39 is 0 Å². The van der Waals surface area contributed by atoms with Gasteiger partial charge in [-0.1, -0.05) is 24.3 Å². The molecule has 6 nitrogen and oxygen atoms in total. The predicted molar refractivity (Wildman–Crippen MR) is 122 cm³/mol. The minimum Gasteiger partial charge on any atom is -0.379 e. The number of benzene rings is 1. The van der Waals surface area contributed by atoms with Crippen LogP contribution in [0.3, 0.4) is 0 Å². The van der Waals surface area contributed by atoms with E-state index in [2.05, 4.69) is 64.1 Å². The van der Waals surface area contributed by atoms with Crippen molar-refractivity contribution in [1.29, 1.82) is 0 Å². The molecule has 0 saturated carbocycles. The molecular weight excluding hydrogens is 374 g/mol. The number of para-hydroxylation sites is 1. The van der Waals surface area contributed by atoms with Crippen LogP contribution in [0.5, 0.6) is 0 Å². The highest BCUT2D eigenvalue weighted by molar-refractivity contribution is 5.81. The highest BCUT2D eigenvalue weighted by atomic mass is 16.5. The number of rotatable bonds is 8. The lowest BCUT2D eigenvalue weighted by atomic mass is 10.1. The van der Waals surface area contributed by atoms with Crippen LogP contribution in [0.1, 0.15) is 11.1 Å². The molecule has 0 aliphatic carbocycles. The zero-order chi connectivity index (χ0) is 20.8. The minimum atomic E-state index is 0.835. The van der Waals surface area contributed by atoms with E-state index in [1.165, 1.54) is 16.5 Å². The van der Waals surface area contributed by atoms with Gasteiger partial charge in [0, 0.05) is 76.7 Å². The summed E-state index contributed by atoms with van der Waals surface area (Å²) in [6.07, 6.45) is 3.80. The van der Waals surface area contributed by atoms with E-state index in [-0.39, 0.29) is 0 Å². The van der Waals surface area contributed by atoms with Gasteiger partial charge in [0.1, 0.15) is 5.82 Å². The van der Waals surface area contributed by atoms with E-state index in [0.717, 1.165) is 63.8 Å². The largest absolute Gasteiger partial charge is 0.379 e. The molecule has 1 aliphatic heterocycles. The smallest absolute Gasteiger partial charge is 0.133 e. The first-order chi connectivity index (χ1) is 14.7. The fraction of sp³-hybridized carbons (Fsp3) is 0.417. The van der Waals surface area contributed by atoms with Gasteiger partial charge in [0.2, 0.25) is 0 Å². The number of nitrogens with zero attached hydrogens (tertiary/aromatic N) is 5. The maximum atomic E-state index is 5.50. The van der Waals surface area contributed by atoms with Crippen LogP contribution in [0.2, 0.25) is 0 Å². The lowest BCUT2D eigenvalue weighted by molar-refractivity contribution is 0.0325. The van der Waals surface area contributed by atoms with Gasteiger partial charge in [-0.25, -0.2) is 4.98 Å². The number of anilines is 1. The summed E-state index contributed by atoms with van der Waals surface area (Å²) < 4.78 is 5.50. The van der Waals surface area contributed by atoms with Crippen LogP contribution < -0.4 is 4.90 Å². The second kappa shape index (κ2) is 9.98. The fourth-order valence-corrected chi connectivity index (χ4v) is 3.97. The van der Waals surface area contributed by atoms with Gasteiger partial charge in [-0.3, -0.25) is 14.8 Å². The molecule has 0 unspecified atom stereocenters. The summed E-state index contributed by atoms with van der Waals surface area (Å²) in [5, 5.41) is 1.19. The third-order valence-electron chi connectivity index (χ3n) is 5.56. The van der Waals surface area contributed by atoms with E-state index in [0.29, 0.717) is 0 Å². The third-order valence-corrected chi connectivity index (χ3v) is 5.56. The fourth-order valence-electron chi connectivity index (χ4n) is 3.97. The van der Waals surface area contributed by atoms with E-state index in [9.17, 15) is 0 Å². The van der Waals surface area contributed by atoms with Crippen molar-refractivity contribution in [1.82, 2.24) is 19.8 Å². The molecule has 0 radical (unpaired) electrons. The van der Waals surface area contributed by atoms with E-state index in [1.54, 1.807) is 0 Å². The van der Waals surface area contributed by atoms with Gasteiger partial charge in [-0.05, 0) is 23.8 Å². The Morgan fingerprint density at radius 3 is 2.63 bits per heavy atom. The molecule has 0 amide bonds. The normalized spacial score (nSPS) is 15.0. The monoisotopic (exact) mass is 405 g/mol. The zero-order valence-electron chi connectivity index (χ0n) is 18.0. The maximum absolute atomic E-state index is 5.50. The molecule has 1 saturated heterocycles. The topological polar surface area (TPSA) is 44.7 Å². The Hall–Kier alpha value is -2.54. The minimum absolute atomic E-state index is 0.835. The van der Waals surface area contributed by atoms with Crippen LogP contribution in [0.4, 0.5) is 5.82 Å². The number of aromatic nitrogens is 2. The average molecular weight is 406 g/mol. The van der Waals surface area contributed by atoms with Crippen molar-refractivity contribution in [3.05, 3.63) is 66.0 Å². The second-order valence-electron chi connectivity index (χ2n) is 8.08. The Labute approximate surface area is 179 Å². The molecule has 1 aromatic carbocycles. The lowest BCUT2D eigenvalue weighted by Crippen LogP contribution is -2.41. The van der Waals surface area contributed by atoms with Crippen LogP contribution in [0, 0.1) is 0 Å². The Morgan fingerprint density at radius 1 is 1.03 bits per heavy atom. The molecule has 6 heteroatoms. The van der Waals surface area contributed by atoms with Gasteiger partial charge in [-0.15, -0.1) is 0 Å². The van der Waals surface area contributed by atoms with Gasteiger partial charge in [0.15, 0.2) is 0 Å². The lowest BCUT2D eigenvalue weighted by Gasteiger charge is -2.30. The maximum Gasteiger partial charge on any atom is 0.133 e. The van der Waals surface area contributed by atoms with Crippen LogP contribution in [0.15, 0.2) is 54.9 Å². The van der Waals surface area contributed by atoms with Gasteiger partial charge < -0.3 is 9.64 Å². The standard InChI is InChI=1S/C24H31N5O/c1-27(2)24-22(16-21-7-3-4-8-23(21)26-24)19-29(18-20-6-5-9-25-17-20)11-10-28-12-14-30-15-13-28/h3-9,16-17H,10-15,18-19H2,1-2H3.